The molecule has 0 spiro atoms. The van der Waals surface area contributed by atoms with Crippen LogP contribution in [0.25, 0.3) is 28.5 Å². The Labute approximate surface area is 198 Å². The highest BCUT2D eigenvalue weighted by Crippen LogP contribution is 2.36. The average Bonchev–Trinajstić information content (AvgIpc) is 3.42. The summed E-state index contributed by atoms with van der Waals surface area (Å²) in [5, 5.41) is 3.74. The fraction of sp³-hybridized carbons (Fsp3) is 0.286. The van der Waals surface area contributed by atoms with E-state index in [9.17, 15) is 4.55 Å². The third-order valence-electron chi connectivity index (χ3n) is 5.27. The molecule has 0 bridgehead atoms. The van der Waals surface area contributed by atoms with Crippen LogP contribution in [0.5, 0.6) is 5.75 Å². The van der Waals surface area contributed by atoms with Crippen molar-refractivity contribution in [2.45, 2.75) is 6.42 Å². The zero-order valence-corrected chi connectivity index (χ0v) is 19.4. The SMILES string of the molecule is COc1cc(-c2nc3occn3c2-c2ccnc(NCCN3CCCN[S+]3[O-])n2)ccc1Cl. The first kappa shape index (κ1) is 22.0. The first-order chi connectivity index (χ1) is 16.1. The average molecular weight is 488 g/mol. The summed E-state index contributed by atoms with van der Waals surface area (Å²) in [6.07, 6.45) is 6.03. The molecule has 0 saturated carbocycles. The van der Waals surface area contributed by atoms with E-state index in [0.29, 0.717) is 47.0 Å². The van der Waals surface area contributed by atoms with Crippen LogP contribution in [0.15, 0.2) is 47.3 Å². The minimum atomic E-state index is -1.14. The molecule has 0 aliphatic carbocycles. The van der Waals surface area contributed by atoms with Gasteiger partial charge in [-0.25, -0.2) is 9.97 Å². The number of rotatable bonds is 7. The van der Waals surface area contributed by atoms with Gasteiger partial charge >= 0.3 is 5.84 Å². The maximum absolute atomic E-state index is 12.0. The summed E-state index contributed by atoms with van der Waals surface area (Å²) >= 11 is 5.06. The van der Waals surface area contributed by atoms with Crippen molar-refractivity contribution in [2.75, 3.05) is 38.6 Å². The Morgan fingerprint density at radius 1 is 1.33 bits per heavy atom. The quantitative estimate of drug-likeness (QED) is 0.379. The van der Waals surface area contributed by atoms with Crippen molar-refractivity contribution < 1.29 is 13.7 Å². The summed E-state index contributed by atoms with van der Waals surface area (Å²) < 4.78 is 29.6. The van der Waals surface area contributed by atoms with Gasteiger partial charge in [0, 0.05) is 37.6 Å². The van der Waals surface area contributed by atoms with Crippen LogP contribution in [0.2, 0.25) is 5.02 Å². The van der Waals surface area contributed by atoms with Gasteiger partial charge in [0.15, 0.2) is 0 Å². The molecule has 12 heteroatoms. The molecule has 5 rings (SSSR count). The Kier molecular flexibility index (Phi) is 6.38. The molecule has 0 amide bonds. The smallest absolute Gasteiger partial charge is 0.306 e. The molecule has 172 valence electrons. The second kappa shape index (κ2) is 9.57. The van der Waals surface area contributed by atoms with E-state index in [0.717, 1.165) is 30.8 Å². The van der Waals surface area contributed by atoms with Crippen LogP contribution in [0, 0.1) is 0 Å². The highest BCUT2D eigenvalue weighted by molar-refractivity contribution is 7.87. The summed E-state index contributed by atoms with van der Waals surface area (Å²) in [4.78, 5) is 13.7. The standard InChI is InChI=1S/C21H22ClN7O3S/c1-31-17-13-14(3-4-15(17)22)18-19(29-11-12-32-21(29)27-18)16-5-7-23-20(26-16)24-8-10-28-9-2-6-25-33(28)30/h3-5,7,11-13,25H,2,6,8-10H2,1H3,(H,23,24,26). The van der Waals surface area contributed by atoms with Crippen LogP contribution in [0.4, 0.5) is 5.95 Å². The molecule has 2 N–H and O–H groups in total. The second-order valence-electron chi connectivity index (χ2n) is 7.33. The number of nitrogens with one attached hydrogen (secondary N) is 2. The number of halogens is 1. The molecule has 0 radical (unpaired) electrons. The van der Waals surface area contributed by atoms with Gasteiger partial charge in [-0.2, -0.15) is 4.98 Å². The molecule has 1 unspecified atom stereocenters. The lowest BCUT2D eigenvalue weighted by Gasteiger charge is -2.27. The molecule has 3 aromatic heterocycles. The van der Waals surface area contributed by atoms with Gasteiger partial charge in [-0.15, -0.1) is 9.03 Å². The number of anilines is 1. The summed E-state index contributed by atoms with van der Waals surface area (Å²) in [6.45, 7) is 2.75. The lowest BCUT2D eigenvalue weighted by molar-refractivity contribution is 0.383. The number of oxazole rings is 1. The third-order valence-corrected chi connectivity index (χ3v) is 6.87. The first-order valence-electron chi connectivity index (χ1n) is 10.4. The first-order valence-corrected chi connectivity index (χ1v) is 11.9. The van der Waals surface area contributed by atoms with Crippen molar-refractivity contribution in [1.29, 1.82) is 0 Å². The monoisotopic (exact) mass is 487 g/mol. The fourth-order valence-electron chi connectivity index (χ4n) is 3.69. The van der Waals surface area contributed by atoms with Gasteiger partial charge in [0.25, 0.3) is 0 Å². The molecule has 1 saturated heterocycles. The van der Waals surface area contributed by atoms with Gasteiger partial charge < -0.3 is 19.0 Å². The molecule has 1 aromatic carbocycles. The number of methoxy groups -OCH3 is 1. The molecule has 1 fully saturated rings. The van der Waals surface area contributed by atoms with Crippen LogP contribution in [-0.4, -0.2) is 61.5 Å². The summed E-state index contributed by atoms with van der Waals surface area (Å²) in [6, 6.07) is 7.30. The van der Waals surface area contributed by atoms with E-state index in [4.69, 9.17) is 25.7 Å². The van der Waals surface area contributed by atoms with Gasteiger partial charge in [-0.3, -0.25) is 4.40 Å². The van der Waals surface area contributed by atoms with Crippen molar-refractivity contribution >= 4 is 34.9 Å². The van der Waals surface area contributed by atoms with Gasteiger partial charge in [0.05, 0.1) is 24.4 Å². The van der Waals surface area contributed by atoms with Crippen LogP contribution >= 0.6 is 11.6 Å². The van der Waals surface area contributed by atoms with Gasteiger partial charge in [-0.1, -0.05) is 17.7 Å². The zero-order valence-electron chi connectivity index (χ0n) is 17.8. The molecule has 33 heavy (non-hydrogen) atoms. The number of fused-ring (bicyclic) bond motifs is 1. The minimum Gasteiger partial charge on any atom is -0.579 e. The number of benzene rings is 1. The Bertz CT molecular complexity index is 1260. The Balaban J connectivity index is 1.43. The topological polar surface area (TPSA) is 116 Å². The van der Waals surface area contributed by atoms with Gasteiger partial charge in [0.2, 0.25) is 5.95 Å². The lowest BCUT2D eigenvalue weighted by Crippen LogP contribution is -2.48. The predicted octanol–water partition coefficient (Wildman–Crippen LogP) is 3.00. The Hall–Kier alpha value is -2.83. The maximum Gasteiger partial charge on any atom is 0.306 e. The molecule has 1 aliphatic rings. The fourth-order valence-corrected chi connectivity index (χ4v) is 4.94. The minimum absolute atomic E-state index is 0.446. The van der Waals surface area contributed by atoms with Crippen LogP contribution in [0.1, 0.15) is 6.42 Å². The van der Waals surface area contributed by atoms with Crippen molar-refractivity contribution in [1.82, 2.24) is 28.4 Å². The van der Waals surface area contributed by atoms with Crippen LogP contribution in [0.3, 0.4) is 0 Å². The summed E-state index contributed by atoms with van der Waals surface area (Å²) in [5.74, 6) is 1.47. The van der Waals surface area contributed by atoms with Crippen molar-refractivity contribution in [3.05, 3.63) is 47.9 Å². The van der Waals surface area contributed by atoms with Crippen molar-refractivity contribution in [3.8, 4) is 28.4 Å². The highest BCUT2D eigenvalue weighted by Gasteiger charge is 2.24. The van der Waals surface area contributed by atoms with Crippen molar-refractivity contribution in [3.63, 3.8) is 0 Å². The van der Waals surface area contributed by atoms with E-state index in [1.807, 2.05) is 26.9 Å². The molecule has 10 nitrogen and oxygen atoms in total. The molecular weight excluding hydrogens is 466 g/mol. The summed E-state index contributed by atoms with van der Waals surface area (Å²) in [5.41, 5.74) is 2.94. The molecule has 4 aromatic rings. The number of aromatic nitrogens is 4. The highest BCUT2D eigenvalue weighted by atomic mass is 35.5. The van der Waals surface area contributed by atoms with E-state index >= 15 is 0 Å². The molecule has 1 atom stereocenters. The number of hydrogen-bond acceptors (Lipinski definition) is 9. The van der Waals surface area contributed by atoms with Crippen LogP contribution < -0.4 is 14.8 Å². The maximum atomic E-state index is 12.0. The number of nitrogens with zero attached hydrogens (tertiary/aromatic N) is 5. The lowest BCUT2D eigenvalue weighted by atomic mass is 10.1. The predicted molar refractivity (Wildman–Crippen MR) is 126 cm³/mol. The van der Waals surface area contributed by atoms with E-state index in [2.05, 4.69) is 20.0 Å². The Morgan fingerprint density at radius 3 is 3.09 bits per heavy atom. The number of imidazole rings is 1. The molecule has 1 aliphatic heterocycles. The van der Waals surface area contributed by atoms with Gasteiger partial charge in [-0.05, 0) is 24.6 Å². The van der Waals surface area contributed by atoms with E-state index in [1.54, 1.807) is 31.8 Å². The molecular formula is C21H22ClN7O3S. The largest absolute Gasteiger partial charge is 0.579 e. The number of ether oxygens (including phenoxy) is 1. The Morgan fingerprint density at radius 2 is 2.24 bits per heavy atom. The molecule has 4 heterocycles. The summed E-state index contributed by atoms with van der Waals surface area (Å²) in [7, 11) is 1.57. The zero-order chi connectivity index (χ0) is 22.8. The van der Waals surface area contributed by atoms with Gasteiger partial charge in [0.1, 0.15) is 34.9 Å². The van der Waals surface area contributed by atoms with E-state index in [-0.39, 0.29) is 0 Å². The number of hydrogen-bond donors (Lipinski definition) is 2. The van der Waals surface area contributed by atoms with Crippen LogP contribution in [-0.2, 0) is 11.5 Å². The second-order valence-corrected chi connectivity index (χ2v) is 9.04. The normalized spacial score (nSPS) is 16.9. The van der Waals surface area contributed by atoms with E-state index < -0.39 is 11.5 Å². The van der Waals surface area contributed by atoms with Crippen molar-refractivity contribution in [2.24, 2.45) is 0 Å². The third kappa shape index (κ3) is 4.50. The van der Waals surface area contributed by atoms with E-state index in [1.165, 1.54) is 0 Å².